The van der Waals surface area contributed by atoms with Gasteiger partial charge in [-0.05, 0) is 43.7 Å². The number of nitrogens with one attached hydrogen (secondary N) is 1. The zero-order chi connectivity index (χ0) is 17.7. The van der Waals surface area contributed by atoms with Crippen molar-refractivity contribution in [2.24, 2.45) is 0 Å². The number of nitro groups is 1. The smallest absolute Gasteiger partial charge is 0.283 e. The Balaban J connectivity index is 2.04. The van der Waals surface area contributed by atoms with Crippen LogP contribution in [0.1, 0.15) is 29.8 Å². The number of benzene rings is 2. The van der Waals surface area contributed by atoms with Crippen LogP contribution in [0.5, 0.6) is 5.75 Å². The van der Waals surface area contributed by atoms with E-state index < -0.39 is 10.8 Å². The molecule has 0 spiro atoms. The van der Waals surface area contributed by atoms with E-state index in [1.54, 1.807) is 0 Å². The quantitative estimate of drug-likeness (QED) is 0.632. The third kappa shape index (κ3) is 4.70. The Bertz CT molecular complexity index is 745. The monoisotopic (exact) mass is 348 g/mol. The van der Waals surface area contributed by atoms with E-state index in [0.717, 1.165) is 17.4 Å². The molecule has 0 saturated heterocycles. The Kier molecular flexibility index (Phi) is 5.76. The van der Waals surface area contributed by atoms with Crippen LogP contribution in [0.15, 0.2) is 42.5 Å². The maximum absolute atomic E-state index is 12.2. The topological polar surface area (TPSA) is 81.5 Å². The lowest BCUT2D eigenvalue weighted by Gasteiger charge is -2.10. The summed E-state index contributed by atoms with van der Waals surface area (Å²) in [6.07, 6.45) is 0.0843. The summed E-state index contributed by atoms with van der Waals surface area (Å²) < 4.78 is 5.54. The normalized spacial score (nSPS) is 10.5. The maximum atomic E-state index is 12.2. The first kappa shape index (κ1) is 17.7. The first-order valence-electron chi connectivity index (χ1n) is 7.34. The van der Waals surface area contributed by atoms with Crippen LogP contribution in [0.25, 0.3) is 0 Å². The highest BCUT2D eigenvalue weighted by molar-refractivity contribution is 6.31. The summed E-state index contributed by atoms with van der Waals surface area (Å²) in [6.45, 7) is 4.13. The molecule has 0 aliphatic heterocycles. The van der Waals surface area contributed by atoms with E-state index in [1.807, 2.05) is 38.1 Å². The van der Waals surface area contributed by atoms with Crippen LogP contribution in [-0.2, 0) is 6.54 Å². The predicted octanol–water partition coefficient (Wildman–Crippen LogP) is 3.97. The van der Waals surface area contributed by atoms with Crippen molar-refractivity contribution in [3.63, 3.8) is 0 Å². The number of nitro benzene ring substituents is 1. The molecular formula is C17H17ClN2O4. The first-order chi connectivity index (χ1) is 11.4. The number of amides is 1. The average molecular weight is 349 g/mol. The molecule has 0 saturated carbocycles. The minimum atomic E-state index is -0.626. The molecule has 2 aromatic carbocycles. The van der Waals surface area contributed by atoms with E-state index in [2.05, 4.69) is 5.32 Å². The molecular weight excluding hydrogens is 332 g/mol. The van der Waals surface area contributed by atoms with Gasteiger partial charge in [0.15, 0.2) is 0 Å². The molecule has 0 heterocycles. The van der Waals surface area contributed by atoms with E-state index in [1.165, 1.54) is 12.1 Å². The number of ether oxygens (including phenoxy) is 1. The fourth-order valence-corrected chi connectivity index (χ4v) is 2.25. The lowest BCUT2D eigenvalue weighted by molar-refractivity contribution is -0.385. The van der Waals surface area contributed by atoms with Crippen molar-refractivity contribution in [2.45, 2.75) is 26.5 Å². The summed E-state index contributed by atoms with van der Waals surface area (Å²) in [5.41, 5.74) is 0.515. The van der Waals surface area contributed by atoms with Crippen molar-refractivity contribution in [1.29, 1.82) is 0 Å². The van der Waals surface area contributed by atoms with Gasteiger partial charge in [0.05, 0.1) is 11.0 Å². The highest BCUT2D eigenvalue weighted by atomic mass is 35.5. The molecule has 0 unspecified atom stereocenters. The van der Waals surface area contributed by atoms with Gasteiger partial charge in [-0.15, -0.1) is 0 Å². The van der Waals surface area contributed by atoms with E-state index in [4.69, 9.17) is 16.3 Å². The minimum absolute atomic E-state index is 0.0239. The van der Waals surface area contributed by atoms with Gasteiger partial charge in [-0.25, -0.2) is 0 Å². The maximum Gasteiger partial charge on any atom is 0.283 e. The predicted molar refractivity (Wildman–Crippen MR) is 91.5 cm³/mol. The van der Waals surface area contributed by atoms with Crippen molar-refractivity contribution < 1.29 is 14.5 Å². The number of nitrogens with zero attached hydrogens (tertiary/aromatic N) is 1. The van der Waals surface area contributed by atoms with Crippen LogP contribution in [0, 0.1) is 10.1 Å². The van der Waals surface area contributed by atoms with Gasteiger partial charge < -0.3 is 10.1 Å². The van der Waals surface area contributed by atoms with Crippen LogP contribution in [0.3, 0.4) is 0 Å². The molecule has 0 radical (unpaired) electrons. The van der Waals surface area contributed by atoms with Gasteiger partial charge in [0, 0.05) is 17.6 Å². The molecule has 126 valence electrons. The largest absolute Gasteiger partial charge is 0.491 e. The van der Waals surface area contributed by atoms with Crippen molar-refractivity contribution in [1.82, 2.24) is 5.32 Å². The van der Waals surface area contributed by atoms with Gasteiger partial charge in [0.2, 0.25) is 0 Å². The Morgan fingerprint density at radius 3 is 2.50 bits per heavy atom. The van der Waals surface area contributed by atoms with Crippen LogP contribution in [0.2, 0.25) is 5.02 Å². The molecule has 24 heavy (non-hydrogen) atoms. The highest BCUT2D eigenvalue weighted by Crippen LogP contribution is 2.23. The van der Waals surface area contributed by atoms with Crippen molar-refractivity contribution in [3.05, 3.63) is 68.7 Å². The third-order valence-corrected chi connectivity index (χ3v) is 3.38. The van der Waals surface area contributed by atoms with Gasteiger partial charge in [0.25, 0.3) is 11.6 Å². The Labute approximate surface area is 144 Å². The number of carbonyl (C=O) groups excluding carboxylic acids is 1. The molecule has 2 aromatic rings. The van der Waals surface area contributed by atoms with Gasteiger partial charge in [0.1, 0.15) is 11.3 Å². The van der Waals surface area contributed by atoms with Crippen LogP contribution in [0.4, 0.5) is 5.69 Å². The van der Waals surface area contributed by atoms with E-state index in [9.17, 15) is 14.9 Å². The SMILES string of the molecule is CC(C)Oc1ccc(CNC(=O)c2ccc(Cl)cc2[N+](=O)[O-])cc1. The summed E-state index contributed by atoms with van der Waals surface area (Å²) >= 11 is 5.74. The molecule has 1 amide bonds. The molecule has 0 aliphatic rings. The minimum Gasteiger partial charge on any atom is -0.491 e. The number of rotatable bonds is 6. The molecule has 0 atom stereocenters. The van der Waals surface area contributed by atoms with Crippen LogP contribution < -0.4 is 10.1 Å². The molecule has 0 fully saturated rings. The lowest BCUT2D eigenvalue weighted by atomic mass is 10.1. The summed E-state index contributed by atoms with van der Waals surface area (Å²) in [4.78, 5) is 22.6. The number of hydrogen-bond acceptors (Lipinski definition) is 4. The van der Waals surface area contributed by atoms with Gasteiger partial charge in [-0.2, -0.15) is 0 Å². The van der Waals surface area contributed by atoms with Crippen LogP contribution >= 0.6 is 11.6 Å². The molecule has 1 N–H and O–H groups in total. The van der Waals surface area contributed by atoms with E-state index in [-0.39, 0.29) is 28.9 Å². The Morgan fingerprint density at radius 1 is 1.25 bits per heavy atom. The van der Waals surface area contributed by atoms with Gasteiger partial charge in [-0.1, -0.05) is 23.7 Å². The second-order valence-electron chi connectivity index (χ2n) is 5.41. The second kappa shape index (κ2) is 7.79. The van der Waals surface area contributed by atoms with Crippen LogP contribution in [-0.4, -0.2) is 16.9 Å². The number of halogens is 1. The van der Waals surface area contributed by atoms with Crippen molar-refractivity contribution >= 4 is 23.2 Å². The van der Waals surface area contributed by atoms with Gasteiger partial charge >= 0.3 is 0 Å². The van der Waals surface area contributed by atoms with Gasteiger partial charge in [-0.3, -0.25) is 14.9 Å². The number of carbonyl (C=O) groups is 1. The van der Waals surface area contributed by atoms with Crippen molar-refractivity contribution in [3.8, 4) is 5.75 Å². The molecule has 0 aliphatic carbocycles. The third-order valence-electron chi connectivity index (χ3n) is 3.15. The fraction of sp³-hybridized carbons (Fsp3) is 0.235. The Hall–Kier alpha value is -2.60. The summed E-state index contributed by atoms with van der Waals surface area (Å²) in [5, 5.41) is 13.9. The number of hydrogen-bond donors (Lipinski definition) is 1. The van der Waals surface area contributed by atoms with E-state index in [0.29, 0.717) is 0 Å². The first-order valence-corrected chi connectivity index (χ1v) is 7.72. The van der Waals surface area contributed by atoms with E-state index >= 15 is 0 Å². The molecule has 2 rings (SSSR count). The summed E-state index contributed by atoms with van der Waals surface area (Å²) in [7, 11) is 0. The molecule has 0 bridgehead atoms. The molecule has 6 nitrogen and oxygen atoms in total. The highest BCUT2D eigenvalue weighted by Gasteiger charge is 2.20. The fourth-order valence-electron chi connectivity index (χ4n) is 2.08. The van der Waals surface area contributed by atoms with Crippen molar-refractivity contribution in [2.75, 3.05) is 0 Å². The Morgan fingerprint density at radius 2 is 1.92 bits per heavy atom. The zero-order valence-electron chi connectivity index (χ0n) is 13.3. The lowest BCUT2D eigenvalue weighted by Crippen LogP contribution is -2.23. The molecule has 7 heteroatoms. The second-order valence-corrected chi connectivity index (χ2v) is 5.85. The zero-order valence-corrected chi connectivity index (χ0v) is 14.0. The summed E-state index contributed by atoms with van der Waals surface area (Å²) in [6, 6.07) is 11.2. The average Bonchev–Trinajstić information content (AvgIpc) is 2.53. The molecule has 0 aromatic heterocycles. The standard InChI is InChI=1S/C17H17ClN2O4/c1-11(2)24-14-6-3-12(4-7-14)10-19-17(21)15-8-5-13(18)9-16(15)20(22)23/h3-9,11H,10H2,1-2H3,(H,19,21). The summed E-state index contributed by atoms with van der Waals surface area (Å²) in [5.74, 6) is 0.217.